The van der Waals surface area contributed by atoms with Crippen LogP contribution in [-0.4, -0.2) is 55.2 Å². The normalized spacial score (nSPS) is 19.7. The van der Waals surface area contributed by atoms with E-state index in [9.17, 15) is 14.4 Å². The maximum atomic E-state index is 12.8. The maximum absolute atomic E-state index is 12.8. The Labute approximate surface area is 230 Å². The van der Waals surface area contributed by atoms with Crippen LogP contribution in [0, 0.1) is 18.8 Å². The van der Waals surface area contributed by atoms with Crippen molar-refractivity contribution in [1.82, 2.24) is 5.32 Å². The second-order valence-corrected chi connectivity index (χ2v) is 10.6. The molecule has 2 aromatic carbocycles. The van der Waals surface area contributed by atoms with Crippen molar-refractivity contribution < 1.29 is 33.7 Å². The van der Waals surface area contributed by atoms with Crippen molar-refractivity contribution >= 4 is 17.7 Å². The number of hydrogen-bond acceptors (Lipinski definition) is 6. The highest BCUT2D eigenvalue weighted by molar-refractivity contribution is 5.97. The molecule has 2 aromatic rings. The Balaban J connectivity index is 1.15. The number of aliphatic carboxylic acids is 1. The molecule has 8 nitrogen and oxygen atoms in total. The van der Waals surface area contributed by atoms with Gasteiger partial charge in [-0.25, -0.2) is 0 Å². The number of carboxylic acid groups (broad SMARTS) is 1. The zero-order valence-electron chi connectivity index (χ0n) is 22.7. The van der Waals surface area contributed by atoms with Gasteiger partial charge in [0.1, 0.15) is 11.5 Å². The molecular weight excluding hydrogens is 498 g/mol. The van der Waals surface area contributed by atoms with E-state index in [1.165, 1.54) is 0 Å². The molecule has 1 heterocycles. The minimum Gasteiger partial charge on any atom is -0.493 e. The minimum absolute atomic E-state index is 0.00554. The standard InChI is InChI=1S/C31H39NO7/c1-21-19-27(39-26-10-6-24(7-11-26)31(35)36)12-13-28(21)29(33)3-2-16-32-30(34)23-4-8-25(9-5-23)38-20-22-14-17-37-18-15-22/h4-5,8-9,12-13,19,22,24,26H,2-3,6-7,10-11,14-18,20H2,1H3,(H,32,34)(H,35,36). The SMILES string of the molecule is Cc1cc(OC2CCC(C(=O)O)CC2)ccc1C(=O)CCCNC(=O)c1ccc(OCC2CCOCC2)cc1. The van der Waals surface area contributed by atoms with Crippen LogP contribution < -0.4 is 14.8 Å². The molecule has 0 atom stereocenters. The highest BCUT2D eigenvalue weighted by Gasteiger charge is 2.27. The largest absolute Gasteiger partial charge is 0.493 e. The summed E-state index contributed by atoms with van der Waals surface area (Å²) in [6.45, 7) is 4.54. The molecule has 0 aromatic heterocycles. The van der Waals surface area contributed by atoms with Crippen LogP contribution in [0.25, 0.3) is 0 Å². The summed E-state index contributed by atoms with van der Waals surface area (Å²) in [6.07, 6.45) is 5.60. The fraction of sp³-hybridized carbons (Fsp3) is 0.516. The Morgan fingerprint density at radius 3 is 2.31 bits per heavy atom. The number of amides is 1. The van der Waals surface area contributed by atoms with Crippen molar-refractivity contribution in [3.63, 3.8) is 0 Å². The third-order valence-electron chi connectivity index (χ3n) is 7.63. The van der Waals surface area contributed by atoms with Gasteiger partial charge >= 0.3 is 5.97 Å². The summed E-state index contributed by atoms with van der Waals surface area (Å²) in [7, 11) is 0. The topological polar surface area (TPSA) is 111 Å². The number of ketones is 1. The van der Waals surface area contributed by atoms with Gasteiger partial charge in [0.25, 0.3) is 5.91 Å². The first-order chi connectivity index (χ1) is 18.9. The first-order valence-electron chi connectivity index (χ1n) is 14.0. The van der Waals surface area contributed by atoms with Gasteiger partial charge in [0, 0.05) is 37.3 Å². The van der Waals surface area contributed by atoms with Crippen molar-refractivity contribution in [2.45, 2.75) is 64.4 Å². The molecule has 1 saturated carbocycles. The second-order valence-electron chi connectivity index (χ2n) is 10.6. The zero-order valence-corrected chi connectivity index (χ0v) is 22.7. The van der Waals surface area contributed by atoms with Gasteiger partial charge in [-0.2, -0.15) is 0 Å². The summed E-state index contributed by atoms with van der Waals surface area (Å²) < 4.78 is 17.3. The third-order valence-corrected chi connectivity index (χ3v) is 7.63. The molecule has 1 aliphatic heterocycles. The van der Waals surface area contributed by atoms with E-state index in [-0.39, 0.29) is 23.7 Å². The Hall–Kier alpha value is -3.39. The quantitative estimate of drug-likeness (QED) is 0.282. The van der Waals surface area contributed by atoms with E-state index in [0.29, 0.717) is 61.6 Å². The van der Waals surface area contributed by atoms with Crippen LogP contribution in [-0.2, 0) is 9.53 Å². The van der Waals surface area contributed by atoms with Crippen LogP contribution in [0.3, 0.4) is 0 Å². The van der Waals surface area contributed by atoms with E-state index in [0.717, 1.165) is 50.2 Å². The number of hydrogen-bond donors (Lipinski definition) is 2. The first-order valence-corrected chi connectivity index (χ1v) is 14.0. The number of carboxylic acids is 1. The molecule has 39 heavy (non-hydrogen) atoms. The number of nitrogens with one attached hydrogen (secondary N) is 1. The average Bonchev–Trinajstić information content (AvgIpc) is 2.95. The Bertz CT molecular complexity index is 1120. The summed E-state index contributed by atoms with van der Waals surface area (Å²) in [5.74, 6) is 0.818. The third kappa shape index (κ3) is 8.55. The van der Waals surface area contributed by atoms with Gasteiger partial charge in [-0.15, -0.1) is 0 Å². The van der Waals surface area contributed by atoms with E-state index in [1.54, 1.807) is 18.2 Å². The van der Waals surface area contributed by atoms with Crippen molar-refractivity contribution in [3.05, 3.63) is 59.2 Å². The minimum atomic E-state index is -0.729. The van der Waals surface area contributed by atoms with Crippen LogP contribution in [0.4, 0.5) is 0 Å². The number of ether oxygens (including phenoxy) is 3. The maximum Gasteiger partial charge on any atom is 0.306 e. The molecular formula is C31H39NO7. The molecule has 210 valence electrons. The van der Waals surface area contributed by atoms with Crippen LogP contribution >= 0.6 is 0 Å². The number of rotatable bonds is 12. The summed E-state index contributed by atoms with van der Waals surface area (Å²) in [6, 6.07) is 12.6. The summed E-state index contributed by atoms with van der Waals surface area (Å²) in [5.41, 5.74) is 2.06. The number of carbonyl (C=O) groups excluding carboxylic acids is 2. The smallest absolute Gasteiger partial charge is 0.306 e. The predicted molar refractivity (Wildman–Crippen MR) is 147 cm³/mol. The molecule has 1 aliphatic carbocycles. The lowest BCUT2D eigenvalue weighted by Crippen LogP contribution is -2.27. The molecule has 0 radical (unpaired) electrons. The summed E-state index contributed by atoms with van der Waals surface area (Å²) >= 11 is 0. The van der Waals surface area contributed by atoms with E-state index in [2.05, 4.69) is 5.32 Å². The molecule has 8 heteroatoms. The second kappa shape index (κ2) is 14.1. The molecule has 1 amide bonds. The first kappa shape index (κ1) is 28.6. The fourth-order valence-corrected chi connectivity index (χ4v) is 5.16. The van der Waals surface area contributed by atoms with Crippen molar-refractivity contribution in [2.24, 2.45) is 11.8 Å². The van der Waals surface area contributed by atoms with E-state index in [1.807, 2.05) is 31.2 Å². The van der Waals surface area contributed by atoms with Gasteiger partial charge in [0.2, 0.25) is 0 Å². The van der Waals surface area contributed by atoms with Gasteiger partial charge in [-0.1, -0.05) is 0 Å². The average molecular weight is 538 g/mol. The zero-order chi connectivity index (χ0) is 27.6. The van der Waals surface area contributed by atoms with Gasteiger partial charge in [-0.05, 0) is 106 Å². The summed E-state index contributed by atoms with van der Waals surface area (Å²) in [4.78, 5) is 36.4. The van der Waals surface area contributed by atoms with Crippen molar-refractivity contribution in [1.29, 1.82) is 0 Å². The molecule has 4 rings (SSSR count). The number of carbonyl (C=O) groups is 3. The Morgan fingerprint density at radius 2 is 1.64 bits per heavy atom. The monoisotopic (exact) mass is 537 g/mol. The van der Waals surface area contributed by atoms with E-state index in [4.69, 9.17) is 19.3 Å². The molecule has 1 saturated heterocycles. The van der Waals surface area contributed by atoms with Gasteiger partial charge in [0.05, 0.1) is 18.6 Å². The summed E-state index contributed by atoms with van der Waals surface area (Å²) in [5, 5.41) is 12.0. The van der Waals surface area contributed by atoms with Gasteiger partial charge in [-0.3, -0.25) is 14.4 Å². The van der Waals surface area contributed by atoms with Crippen LogP contribution in [0.2, 0.25) is 0 Å². The van der Waals surface area contributed by atoms with E-state index >= 15 is 0 Å². The predicted octanol–water partition coefficient (Wildman–Crippen LogP) is 5.22. The highest BCUT2D eigenvalue weighted by Crippen LogP contribution is 2.29. The van der Waals surface area contributed by atoms with Gasteiger partial charge in [0.15, 0.2) is 5.78 Å². The van der Waals surface area contributed by atoms with E-state index < -0.39 is 5.97 Å². The molecule has 0 bridgehead atoms. The Kier molecular flexibility index (Phi) is 10.4. The van der Waals surface area contributed by atoms with Crippen LogP contribution in [0.1, 0.15) is 77.6 Å². The Morgan fingerprint density at radius 1 is 0.949 bits per heavy atom. The number of benzene rings is 2. The molecule has 2 aliphatic rings. The molecule has 2 fully saturated rings. The van der Waals surface area contributed by atoms with Gasteiger partial charge < -0.3 is 24.6 Å². The molecule has 2 N–H and O–H groups in total. The van der Waals surface area contributed by atoms with Crippen molar-refractivity contribution in [3.8, 4) is 11.5 Å². The van der Waals surface area contributed by atoms with Crippen LogP contribution in [0.5, 0.6) is 11.5 Å². The lowest BCUT2D eigenvalue weighted by Gasteiger charge is -2.27. The molecule has 0 unspecified atom stereocenters. The molecule has 0 spiro atoms. The number of aryl methyl sites for hydroxylation is 1. The van der Waals surface area contributed by atoms with Crippen LogP contribution in [0.15, 0.2) is 42.5 Å². The number of Topliss-reactive ketones (excluding diaryl/α,β-unsaturated/α-hetero) is 1. The van der Waals surface area contributed by atoms with Crippen molar-refractivity contribution in [2.75, 3.05) is 26.4 Å². The fourth-order valence-electron chi connectivity index (χ4n) is 5.16. The highest BCUT2D eigenvalue weighted by atomic mass is 16.5. The lowest BCUT2D eigenvalue weighted by atomic mass is 9.87. The lowest BCUT2D eigenvalue weighted by molar-refractivity contribution is -0.143.